The van der Waals surface area contributed by atoms with Crippen LogP contribution in [0.15, 0.2) is 18.3 Å². The first-order chi connectivity index (χ1) is 18.6. The third kappa shape index (κ3) is 4.67. The SMILES string of the molecule is CC(C)n1c(C(C)(C)N2CCOCC2)nc2c(F)cc(-c3nc(N[C@@H]4C[C@H]5CO[C@H](O5)[C@H]4O)ncc3F)cc21. The summed E-state index contributed by atoms with van der Waals surface area (Å²) in [7, 11) is 0. The quantitative estimate of drug-likeness (QED) is 0.484. The monoisotopic (exact) mass is 544 g/mol. The van der Waals surface area contributed by atoms with Crippen LogP contribution in [-0.2, 0) is 19.7 Å². The maximum absolute atomic E-state index is 15.6. The van der Waals surface area contributed by atoms with Crippen molar-refractivity contribution in [1.82, 2.24) is 24.4 Å². The van der Waals surface area contributed by atoms with Gasteiger partial charge in [0.25, 0.3) is 0 Å². The minimum atomic E-state index is -0.928. The number of halogens is 2. The van der Waals surface area contributed by atoms with Crippen LogP contribution in [0.4, 0.5) is 14.7 Å². The Kier molecular flexibility index (Phi) is 6.79. The van der Waals surface area contributed by atoms with Crippen molar-refractivity contribution < 1.29 is 28.1 Å². The summed E-state index contributed by atoms with van der Waals surface area (Å²) in [5, 5.41) is 13.6. The van der Waals surface area contributed by atoms with Gasteiger partial charge in [-0.15, -0.1) is 0 Å². The third-order valence-electron chi connectivity index (χ3n) is 7.93. The fourth-order valence-corrected chi connectivity index (χ4v) is 5.84. The number of benzene rings is 1. The summed E-state index contributed by atoms with van der Waals surface area (Å²) in [5.74, 6) is -0.369. The molecule has 0 unspecified atom stereocenters. The van der Waals surface area contributed by atoms with Crippen molar-refractivity contribution in [2.24, 2.45) is 0 Å². The zero-order valence-corrected chi connectivity index (χ0v) is 22.5. The average molecular weight is 545 g/mol. The summed E-state index contributed by atoms with van der Waals surface area (Å²) in [5.41, 5.74) is 0.552. The molecular formula is C27H34F2N6O4. The molecule has 5 heterocycles. The van der Waals surface area contributed by atoms with Crippen molar-refractivity contribution in [2.45, 2.75) is 70.2 Å². The number of aromatic nitrogens is 4. The van der Waals surface area contributed by atoms with Crippen molar-refractivity contribution >= 4 is 17.0 Å². The predicted octanol–water partition coefficient (Wildman–Crippen LogP) is 3.21. The molecule has 10 nitrogen and oxygen atoms in total. The number of hydrogen-bond donors (Lipinski definition) is 2. The summed E-state index contributed by atoms with van der Waals surface area (Å²) in [4.78, 5) is 15.5. The maximum Gasteiger partial charge on any atom is 0.223 e. The molecular weight excluding hydrogens is 510 g/mol. The van der Waals surface area contributed by atoms with Crippen LogP contribution < -0.4 is 5.32 Å². The number of nitrogens with zero attached hydrogens (tertiary/aromatic N) is 5. The average Bonchev–Trinajstić information content (AvgIpc) is 3.52. The van der Waals surface area contributed by atoms with E-state index in [1.807, 2.05) is 18.4 Å². The van der Waals surface area contributed by atoms with Gasteiger partial charge in [-0.2, -0.15) is 0 Å². The van der Waals surface area contributed by atoms with E-state index in [-0.39, 0.29) is 34.9 Å². The molecule has 2 bridgehead atoms. The highest BCUT2D eigenvalue weighted by atomic mass is 19.1. The van der Waals surface area contributed by atoms with E-state index in [9.17, 15) is 5.11 Å². The second kappa shape index (κ2) is 10.0. The van der Waals surface area contributed by atoms with E-state index in [1.165, 1.54) is 6.07 Å². The van der Waals surface area contributed by atoms with E-state index in [1.54, 1.807) is 6.07 Å². The van der Waals surface area contributed by atoms with Crippen LogP contribution in [0.5, 0.6) is 0 Å². The minimum Gasteiger partial charge on any atom is -0.386 e. The molecule has 3 aromatic rings. The molecule has 3 aliphatic rings. The smallest absolute Gasteiger partial charge is 0.223 e. The van der Waals surface area contributed by atoms with Gasteiger partial charge in [0.2, 0.25) is 5.95 Å². The van der Waals surface area contributed by atoms with Gasteiger partial charge in [0.1, 0.15) is 23.1 Å². The van der Waals surface area contributed by atoms with Gasteiger partial charge in [0.05, 0.1) is 49.2 Å². The van der Waals surface area contributed by atoms with Gasteiger partial charge >= 0.3 is 0 Å². The van der Waals surface area contributed by atoms with Gasteiger partial charge in [0.15, 0.2) is 17.9 Å². The number of aliphatic hydroxyl groups excluding tert-OH is 1. The van der Waals surface area contributed by atoms with E-state index in [0.717, 1.165) is 25.1 Å². The van der Waals surface area contributed by atoms with E-state index in [4.69, 9.17) is 19.2 Å². The molecule has 6 rings (SSSR count). The van der Waals surface area contributed by atoms with Gasteiger partial charge in [-0.05, 0) is 46.2 Å². The lowest BCUT2D eigenvalue weighted by Gasteiger charge is -2.40. The molecule has 0 spiro atoms. The van der Waals surface area contributed by atoms with Crippen molar-refractivity contribution in [3.8, 4) is 11.3 Å². The van der Waals surface area contributed by atoms with Gasteiger partial charge in [-0.1, -0.05) is 0 Å². The number of anilines is 1. The normalized spacial score (nSPS) is 26.1. The highest BCUT2D eigenvalue weighted by Crippen LogP contribution is 2.36. The second-order valence-corrected chi connectivity index (χ2v) is 11.2. The number of nitrogens with one attached hydrogen (secondary N) is 1. The lowest BCUT2D eigenvalue weighted by atomic mass is 10.0. The van der Waals surface area contributed by atoms with Crippen molar-refractivity contribution in [2.75, 3.05) is 38.2 Å². The van der Waals surface area contributed by atoms with Crippen LogP contribution in [-0.4, -0.2) is 87.0 Å². The number of aliphatic hydroxyl groups is 1. The van der Waals surface area contributed by atoms with Crippen LogP contribution in [0, 0.1) is 11.6 Å². The lowest BCUT2D eigenvalue weighted by molar-refractivity contribution is -0.156. The molecule has 0 amide bonds. The summed E-state index contributed by atoms with van der Waals surface area (Å²) >= 11 is 0. The predicted molar refractivity (Wildman–Crippen MR) is 139 cm³/mol. The first-order valence-corrected chi connectivity index (χ1v) is 13.4. The van der Waals surface area contributed by atoms with E-state index >= 15 is 8.78 Å². The Morgan fingerprint density at radius 3 is 2.64 bits per heavy atom. The number of hydrogen-bond acceptors (Lipinski definition) is 9. The highest BCUT2D eigenvalue weighted by Gasteiger charge is 2.43. The van der Waals surface area contributed by atoms with Crippen molar-refractivity contribution in [3.63, 3.8) is 0 Å². The largest absolute Gasteiger partial charge is 0.386 e. The molecule has 1 aromatic carbocycles. The Morgan fingerprint density at radius 2 is 1.90 bits per heavy atom. The molecule has 2 N–H and O–H groups in total. The summed E-state index contributed by atoms with van der Waals surface area (Å²) in [6, 6.07) is 2.54. The Hall–Kier alpha value is -2.77. The van der Waals surface area contributed by atoms with Crippen molar-refractivity contribution in [1.29, 1.82) is 0 Å². The molecule has 3 saturated heterocycles. The van der Waals surface area contributed by atoms with Gasteiger partial charge in [-0.3, -0.25) is 4.90 Å². The fraction of sp³-hybridized carbons (Fsp3) is 0.593. The Labute approximate surface area is 225 Å². The number of morpholine rings is 1. The topological polar surface area (TPSA) is 107 Å². The molecule has 39 heavy (non-hydrogen) atoms. The number of ether oxygens (including phenoxy) is 3. The molecule has 4 atom stereocenters. The molecule has 0 aliphatic carbocycles. The van der Waals surface area contributed by atoms with Crippen LogP contribution in [0.3, 0.4) is 0 Å². The molecule has 210 valence electrons. The van der Waals surface area contributed by atoms with E-state index < -0.39 is 35.6 Å². The number of fused-ring (bicyclic) bond motifs is 3. The Bertz CT molecular complexity index is 1380. The molecule has 3 fully saturated rings. The minimum absolute atomic E-state index is 0.0277. The zero-order chi connectivity index (χ0) is 27.5. The van der Waals surface area contributed by atoms with E-state index in [0.29, 0.717) is 31.8 Å². The fourth-order valence-electron chi connectivity index (χ4n) is 5.84. The molecule has 0 radical (unpaired) electrons. The first kappa shape index (κ1) is 26.5. The standard InChI is InChI=1S/C27H34F2N6O4/c1-14(2)35-20-10-15(9-17(28)22(20)32-25(35)27(3,4)34-5-7-37-8-6-34)21-18(29)12-30-26(33-21)31-19-11-16-13-38-24(39-16)23(19)36/h9-10,12,14,16,19,23-24,36H,5-8,11,13H2,1-4H3,(H,30,31,33)/t16-,19+,23-,24+/m0/s1. The van der Waals surface area contributed by atoms with Crippen LogP contribution in [0.2, 0.25) is 0 Å². The summed E-state index contributed by atoms with van der Waals surface area (Å²) in [6.07, 6.45) is -0.243. The summed E-state index contributed by atoms with van der Waals surface area (Å²) < 4.78 is 49.2. The summed E-state index contributed by atoms with van der Waals surface area (Å²) in [6.45, 7) is 11.4. The molecule has 3 aliphatic heterocycles. The van der Waals surface area contributed by atoms with Crippen LogP contribution >= 0.6 is 0 Å². The highest BCUT2D eigenvalue weighted by molar-refractivity contribution is 5.83. The number of imidazole rings is 1. The molecule has 0 saturated carbocycles. The zero-order valence-electron chi connectivity index (χ0n) is 22.5. The molecule has 2 aromatic heterocycles. The Balaban J connectivity index is 1.38. The molecule has 12 heteroatoms. The van der Waals surface area contributed by atoms with E-state index in [2.05, 4.69) is 34.0 Å². The lowest BCUT2D eigenvalue weighted by Crippen LogP contribution is -2.49. The van der Waals surface area contributed by atoms with Crippen LogP contribution in [0.1, 0.15) is 46.0 Å². The first-order valence-electron chi connectivity index (χ1n) is 13.4. The third-order valence-corrected chi connectivity index (χ3v) is 7.93. The van der Waals surface area contributed by atoms with Gasteiger partial charge in [0, 0.05) is 24.7 Å². The van der Waals surface area contributed by atoms with Crippen molar-refractivity contribution in [3.05, 3.63) is 35.8 Å². The Morgan fingerprint density at radius 1 is 1.13 bits per heavy atom. The van der Waals surface area contributed by atoms with Gasteiger partial charge in [-0.25, -0.2) is 23.7 Å². The van der Waals surface area contributed by atoms with Crippen LogP contribution in [0.25, 0.3) is 22.3 Å². The maximum atomic E-state index is 15.6. The second-order valence-electron chi connectivity index (χ2n) is 11.2. The van der Waals surface area contributed by atoms with Gasteiger partial charge < -0.3 is 29.2 Å². The number of rotatable bonds is 6.